The third-order valence-corrected chi connectivity index (χ3v) is 4.50. The Hall–Kier alpha value is -0.850. The lowest BCUT2D eigenvalue weighted by Crippen LogP contribution is -2.26. The first-order valence-electron chi connectivity index (χ1n) is 6.46. The van der Waals surface area contributed by atoms with Crippen LogP contribution in [0.3, 0.4) is 0 Å². The van der Waals surface area contributed by atoms with E-state index in [2.05, 4.69) is 18.3 Å². The maximum Gasteiger partial charge on any atom is 0.100 e. The summed E-state index contributed by atoms with van der Waals surface area (Å²) in [4.78, 5) is 1.27. The Morgan fingerprint density at radius 3 is 3.12 bits per heavy atom. The average Bonchev–Trinajstić information content (AvgIpc) is 2.77. The largest absolute Gasteiger partial charge is 0.312 e. The second-order valence-electron chi connectivity index (χ2n) is 5.18. The summed E-state index contributed by atoms with van der Waals surface area (Å²) in [5.74, 6) is 1.76. The van der Waals surface area contributed by atoms with Crippen molar-refractivity contribution in [2.24, 2.45) is 11.8 Å². The van der Waals surface area contributed by atoms with E-state index in [-0.39, 0.29) is 0 Å². The van der Waals surface area contributed by atoms with Gasteiger partial charge in [-0.25, -0.2) is 0 Å². The molecule has 0 aromatic carbocycles. The Bertz CT molecular complexity index is 391. The molecule has 92 valence electrons. The van der Waals surface area contributed by atoms with Gasteiger partial charge in [0, 0.05) is 16.8 Å². The number of nitriles is 1. The molecule has 2 unspecified atom stereocenters. The van der Waals surface area contributed by atoms with Crippen molar-refractivity contribution in [3.8, 4) is 6.07 Å². The molecule has 2 rings (SSSR count). The Balaban J connectivity index is 1.70. The van der Waals surface area contributed by atoms with Gasteiger partial charge in [0.1, 0.15) is 6.07 Å². The highest BCUT2D eigenvalue weighted by molar-refractivity contribution is 7.10. The summed E-state index contributed by atoms with van der Waals surface area (Å²) in [5, 5.41) is 14.2. The van der Waals surface area contributed by atoms with Crippen LogP contribution in [0, 0.1) is 23.2 Å². The van der Waals surface area contributed by atoms with Crippen molar-refractivity contribution in [1.82, 2.24) is 5.32 Å². The lowest BCUT2D eigenvalue weighted by Gasteiger charge is -2.26. The fourth-order valence-electron chi connectivity index (χ4n) is 2.68. The summed E-state index contributed by atoms with van der Waals surface area (Å²) in [7, 11) is 0. The number of rotatable bonds is 4. The van der Waals surface area contributed by atoms with E-state index in [0.29, 0.717) is 0 Å². The molecule has 0 saturated heterocycles. The lowest BCUT2D eigenvalue weighted by atomic mass is 9.82. The molecule has 0 amide bonds. The summed E-state index contributed by atoms with van der Waals surface area (Å²) in [6.07, 6.45) is 5.56. The lowest BCUT2D eigenvalue weighted by molar-refractivity contribution is 0.274. The zero-order valence-electron chi connectivity index (χ0n) is 10.4. The van der Waals surface area contributed by atoms with Crippen LogP contribution < -0.4 is 5.32 Å². The molecule has 1 N–H and O–H groups in total. The van der Waals surface area contributed by atoms with Crippen molar-refractivity contribution in [2.45, 2.75) is 39.2 Å². The van der Waals surface area contributed by atoms with E-state index in [1.54, 1.807) is 11.3 Å². The topological polar surface area (TPSA) is 35.8 Å². The van der Waals surface area contributed by atoms with Gasteiger partial charge in [0.2, 0.25) is 0 Å². The second-order valence-corrected chi connectivity index (χ2v) is 6.18. The molecule has 1 aromatic rings. The first-order valence-corrected chi connectivity index (χ1v) is 7.34. The van der Waals surface area contributed by atoms with Crippen LogP contribution in [0.25, 0.3) is 0 Å². The van der Waals surface area contributed by atoms with Gasteiger partial charge in [-0.3, -0.25) is 0 Å². The van der Waals surface area contributed by atoms with E-state index < -0.39 is 0 Å². The summed E-state index contributed by atoms with van der Waals surface area (Å²) in [6, 6.07) is 4.16. The predicted octanol–water partition coefficient (Wildman–Crippen LogP) is 3.54. The van der Waals surface area contributed by atoms with Crippen molar-refractivity contribution in [1.29, 1.82) is 5.26 Å². The summed E-state index contributed by atoms with van der Waals surface area (Å²) < 4.78 is 0. The Kier molecular flexibility index (Phi) is 4.58. The first-order chi connectivity index (χ1) is 8.28. The minimum Gasteiger partial charge on any atom is -0.312 e. The van der Waals surface area contributed by atoms with Gasteiger partial charge in [0.25, 0.3) is 0 Å². The number of nitrogens with one attached hydrogen (secondary N) is 1. The molecule has 1 saturated carbocycles. The van der Waals surface area contributed by atoms with Gasteiger partial charge in [0.05, 0.1) is 5.56 Å². The molecule has 1 aromatic heterocycles. The van der Waals surface area contributed by atoms with Gasteiger partial charge in [-0.05, 0) is 37.3 Å². The van der Waals surface area contributed by atoms with Gasteiger partial charge < -0.3 is 5.32 Å². The Morgan fingerprint density at radius 2 is 2.41 bits per heavy atom. The molecule has 1 heterocycles. The van der Waals surface area contributed by atoms with Crippen LogP contribution in [0.2, 0.25) is 0 Å². The average molecular weight is 248 g/mol. The van der Waals surface area contributed by atoms with Crippen LogP contribution in [-0.2, 0) is 6.54 Å². The van der Waals surface area contributed by atoms with Gasteiger partial charge >= 0.3 is 0 Å². The minimum absolute atomic E-state index is 0.790. The van der Waals surface area contributed by atoms with E-state index in [1.807, 2.05) is 11.4 Å². The molecular formula is C14H20N2S. The molecule has 0 bridgehead atoms. The standard InChI is InChI=1S/C14H20N2S/c1-11-3-2-4-12(5-11)8-16-9-14-6-13(7-15)10-17-14/h6,10-12,16H,2-5,8-9H2,1H3. The molecule has 2 nitrogen and oxygen atoms in total. The van der Waals surface area contributed by atoms with Crippen LogP contribution in [0.5, 0.6) is 0 Å². The molecule has 1 aliphatic rings. The smallest absolute Gasteiger partial charge is 0.100 e. The van der Waals surface area contributed by atoms with Crippen molar-refractivity contribution in [3.63, 3.8) is 0 Å². The zero-order chi connectivity index (χ0) is 12.1. The van der Waals surface area contributed by atoms with E-state index in [9.17, 15) is 0 Å². The van der Waals surface area contributed by atoms with Gasteiger partial charge in [-0.1, -0.05) is 19.8 Å². The van der Waals surface area contributed by atoms with Crippen molar-refractivity contribution in [2.75, 3.05) is 6.54 Å². The molecule has 0 radical (unpaired) electrons. The molecule has 0 aliphatic heterocycles. The quantitative estimate of drug-likeness (QED) is 0.884. The third kappa shape index (κ3) is 3.83. The maximum atomic E-state index is 8.75. The van der Waals surface area contributed by atoms with Gasteiger partial charge in [0.15, 0.2) is 0 Å². The minimum atomic E-state index is 0.790. The second kappa shape index (κ2) is 6.18. The van der Waals surface area contributed by atoms with Crippen LogP contribution in [-0.4, -0.2) is 6.54 Å². The van der Waals surface area contributed by atoms with E-state index in [0.717, 1.165) is 30.5 Å². The van der Waals surface area contributed by atoms with Crippen molar-refractivity contribution < 1.29 is 0 Å². The fourth-order valence-corrected chi connectivity index (χ4v) is 3.46. The summed E-state index contributed by atoms with van der Waals surface area (Å²) >= 11 is 1.68. The highest BCUT2D eigenvalue weighted by atomic mass is 32.1. The monoisotopic (exact) mass is 248 g/mol. The van der Waals surface area contributed by atoms with Gasteiger partial charge in [-0.15, -0.1) is 11.3 Å². The number of thiophene rings is 1. The van der Waals surface area contributed by atoms with Crippen molar-refractivity contribution >= 4 is 11.3 Å². The van der Waals surface area contributed by atoms with Crippen LogP contribution >= 0.6 is 11.3 Å². The molecular weight excluding hydrogens is 228 g/mol. The molecule has 3 heteroatoms. The number of hydrogen-bond donors (Lipinski definition) is 1. The van der Waals surface area contributed by atoms with Crippen LogP contribution in [0.1, 0.15) is 43.0 Å². The number of nitrogens with zero attached hydrogens (tertiary/aromatic N) is 1. The summed E-state index contributed by atoms with van der Waals surface area (Å²) in [6.45, 7) is 4.41. The fraction of sp³-hybridized carbons (Fsp3) is 0.643. The van der Waals surface area contributed by atoms with Crippen LogP contribution in [0.4, 0.5) is 0 Å². The highest BCUT2D eigenvalue weighted by Crippen LogP contribution is 2.28. The molecule has 17 heavy (non-hydrogen) atoms. The van der Waals surface area contributed by atoms with E-state index in [4.69, 9.17) is 5.26 Å². The van der Waals surface area contributed by atoms with E-state index >= 15 is 0 Å². The predicted molar refractivity (Wildman–Crippen MR) is 71.9 cm³/mol. The van der Waals surface area contributed by atoms with E-state index in [1.165, 1.54) is 30.6 Å². The Labute approximate surface area is 108 Å². The molecule has 2 atom stereocenters. The van der Waals surface area contributed by atoms with Crippen molar-refractivity contribution in [3.05, 3.63) is 21.9 Å². The molecule has 1 aliphatic carbocycles. The molecule has 0 spiro atoms. The highest BCUT2D eigenvalue weighted by Gasteiger charge is 2.18. The maximum absolute atomic E-state index is 8.75. The van der Waals surface area contributed by atoms with Gasteiger partial charge in [-0.2, -0.15) is 5.26 Å². The number of hydrogen-bond acceptors (Lipinski definition) is 3. The Morgan fingerprint density at radius 1 is 1.53 bits per heavy atom. The third-order valence-electron chi connectivity index (χ3n) is 3.56. The van der Waals surface area contributed by atoms with Crippen LogP contribution in [0.15, 0.2) is 11.4 Å². The summed E-state index contributed by atoms with van der Waals surface area (Å²) in [5.41, 5.74) is 0.790. The zero-order valence-corrected chi connectivity index (χ0v) is 11.2. The SMILES string of the molecule is CC1CCCC(CNCc2cc(C#N)cs2)C1. The molecule has 1 fully saturated rings. The normalized spacial score (nSPS) is 24.5. The first kappa shape index (κ1) is 12.6.